The van der Waals surface area contributed by atoms with Crippen LogP contribution in [0.25, 0.3) is 0 Å². The van der Waals surface area contributed by atoms with Crippen LogP contribution in [-0.2, 0) is 4.79 Å². The molecule has 1 N–H and O–H groups in total. The smallest absolute Gasteiger partial charge is 0.237 e. The number of rotatable bonds is 4. The molecule has 0 saturated carbocycles. The summed E-state index contributed by atoms with van der Waals surface area (Å²) in [4.78, 5) is 11.2. The third-order valence-corrected chi connectivity index (χ3v) is 2.47. The predicted molar refractivity (Wildman–Crippen MR) is 54.3 cm³/mol. The first kappa shape index (κ1) is 10.8. The summed E-state index contributed by atoms with van der Waals surface area (Å²) in [6, 6.07) is 1.92. The second kappa shape index (κ2) is 5.43. The van der Waals surface area contributed by atoms with Crippen LogP contribution in [0.2, 0.25) is 0 Å². The van der Waals surface area contributed by atoms with Crippen molar-refractivity contribution >= 4 is 5.91 Å². The number of amides is 1. The van der Waals surface area contributed by atoms with Crippen molar-refractivity contribution in [2.24, 2.45) is 5.92 Å². The minimum absolute atomic E-state index is 0.161. The molecular weight excluding hydrogens is 176 g/mol. The second-order valence-electron chi connectivity index (χ2n) is 3.65. The molecule has 0 saturated heterocycles. The van der Waals surface area contributed by atoms with Crippen LogP contribution in [0, 0.1) is 17.2 Å². The summed E-state index contributed by atoms with van der Waals surface area (Å²) in [5, 5.41) is 11.3. The number of nitrogens with zero attached hydrogens (tertiary/aromatic N) is 1. The molecule has 1 aliphatic carbocycles. The highest BCUT2D eigenvalue weighted by molar-refractivity contribution is 5.80. The number of hydrogen-bond acceptors (Lipinski definition) is 2. The number of nitrogens with one attached hydrogen (secondary N) is 1. The van der Waals surface area contributed by atoms with Gasteiger partial charge in [0.2, 0.25) is 5.91 Å². The summed E-state index contributed by atoms with van der Waals surface area (Å²) in [6.07, 6.45) is 6.78. The Kier molecular flexibility index (Phi) is 4.18. The standard InChI is InChI=1S/C11H16N2O/c1-9(8-12)11(14)13-7-6-10-4-2-3-5-10/h4,9H,2-3,5-7H2,1H3,(H,13,14). The van der Waals surface area contributed by atoms with Crippen molar-refractivity contribution in [2.45, 2.75) is 32.6 Å². The van der Waals surface area contributed by atoms with Gasteiger partial charge in [-0.25, -0.2) is 0 Å². The maximum absolute atomic E-state index is 11.2. The van der Waals surface area contributed by atoms with Crippen molar-refractivity contribution in [3.63, 3.8) is 0 Å². The normalized spacial score (nSPS) is 17.0. The van der Waals surface area contributed by atoms with Gasteiger partial charge < -0.3 is 5.32 Å². The Bertz CT molecular complexity index is 276. The average molecular weight is 192 g/mol. The first-order valence-corrected chi connectivity index (χ1v) is 5.09. The Morgan fingerprint density at radius 2 is 2.57 bits per heavy atom. The van der Waals surface area contributed by atoms with E-state index in [-0.39, 0.29) is 5.91 Å². The summed E-state index contributed by atoms with van der Waals surface area (Å²) >= 11 is 0. The van der Waals surface area contributed by atoms with E-state index in [1.54, 1.807) is 6.92 Å². The van der Waals surface area contributed by atoms with E-state index >= 15 is 0 Å². The highest BCUT2D eigenvalue weighted by atomic mass is 16.1. The number of allylic oxidation sites excluding steroid dienone is 1. The van der Waals surface area contributed by atoms with E-state index in [0.29, 0.717) is 6.54 Å². The Hall–Kier alpha value is -1.30. The molecule has 1 rings (SSSR count). The van der Waals surface area contributed by atoms with Crippen molar-refractivity contribution in [3.05, 3.63) is 11.6 Å². The quantitative estimate of drug-likeness (QED) is 0.690. The van der Waals surface area contributed by atoms with Crippen LogP contribution in [-0.4, -0.2) is 12.5 Å². The molecule has 0 radical (unpaired) electrons. The number of carbonyl (C=O) groups is 1. The fourth-order valence-corrected chi connectivity index (χ4v) is 1.52. The van der Waals surface area contributed by atoms with Gasteiger partial charge >= 0.3 is 0 Å². The van der Waals surface area contributed by atoms with Crippen molar-refractivity contribution < 1.29 is 4.79 Å². The van der Waals surface area contributed by atoms with E-state index in [0.717, 1.165) is 6.42 Å². The van der Waals surface area contributed by atoms with Crippen molar-refractivity contribution in [2.75, 3.05) is 6.54 Å². The fraction of sp³-hybridized carbons (Fsp3) is 0.636. The van der Waals surface area contributed by atoms with Crippen LogP contribution in [0.5, 0.6) is 0 Å². The molecule has 1 unspecified atom stereocenters. The first-order valence-electron chi connectivity index (χ1n) is 5.09. The van der Waals surface area contributed by atoms with E-state index in [1.807, 2.05) is 6.07 Å². The summed E-state index contributed by atoms with van der Waals surface area (Å²) in [5.41, 5.74) is 1.44. The third kappa shape index (κ3) is 3.21. The van der Waals surface area contributed by atoms with E-state index in [4.69, 9.17) is 5.26 Å². The van der Waals surface area contributed by atoms with Crippen LogP contribution < -0.4 is 5.32 Å². The van der Waals surface area contributed by atoms with Crippen molar-refractivity contribution in [1.82, 2.24) is 5.32 Å². The predicted octanol–water partition coefficient (Wildman–Crippen LogP) is 1.76. The maximum atomic E-state index is 11.2. The van der Waals surface area contributed by atoms with Gasteiger partial charge in [0.15, 0.2) is 0 Å². The monoisotopic (exact) mass is 192 g/mol. The topological polar surface area (TPSA) is 52.9 Å². The molecule has 0 heterocycles. The molecule has 3 nitrogen and oxygen atoms in total. The molecule has 1 atom stereocenters. The van der Waals surface area contributed by atoms with Gasteiger partial charge in [0.25, 0.3) is 0 Å². The molecule has 14 heavy (non-hydrogen) atoms. The highest BCUT2D eigenvalue weighted by Gasteiger charge is 2.11. The van der Waals surface area contributed by atoms with Gasteiger partial charge in [0.05, 0.1) is 6.07 Å². The molecular formula is C11H16N2O. The molecule has 3 heteroatoms. The molecule has 0 bridgehead atoms. The van der Waals surface area contributed by atoms with Crippen LogP contribution in [0.15, 0.2) is 11.6 Å². The molecule has 0 aromatic carbocycles. The number of hydrogen-bond donors (Lipinski definition) is 1. The lowest BCUT2D eigenvalue weighted by atomic mass is 10.1. The van der Waals surface area contributed by atoms with Gasteiger partial charge in [0, 0.05) is 6.54 Å². The van der Waals surface area contributed by atoms with E-state index in [1.165, 1.54) is 24.8 Å². The summed E-state index contributed by atoms with van der Waals surface area (Å²) in [7, 11) is 0. The maximum Gasteiger partial charge on any atom is 0.237 e. The number of nitriles is 1. The van der Waals surface area contributed by atoms with Gasteiger partial charge in [-0.1, -0.05) is 11.6 Å². The fourth-order valence-electron chi connectivity index (χ4n) is 1.52. The Morgan fingerprint density at radius 1 is 1.79 bits per heavy atom. The first-order chi connectivity index (χ1) is 6.74. The Balaban J connectivity index is 2.15. The molecule has 76 valence electrons. The SMILES string of the molecule is CC(C#N)C(=O)NCCC1=CCCC1. The molecule has 1 amide bonds. The van der Waals surface area contributed by atoms with Crippen LogP contribution in [0.1, 0.15) is 32.6 Å². The Labute approximate surface area is 84.8 Å². The average Bonchev–Trinajstić information content (AvgIpc) is 2.69. The van der Waals surface area contributed by atoms with Crippen molar-refractivity contribution in [1.29, 1.82) is 5.26 Å². The lowest BCUT2D eigenvalue weighted by molar-refractivity contribution is -0.122. The molecule has 0 aromatic rings. The van der Waals surface area contributed by atoms with Gasteiger partial charge in [-0.15, -0.1) is 0 Å². The van der Waals surface area contributed by atoms with Crippen LogP contribution >= 0.6 is 0 Å². The summed E-state index contributed by atoms with van der Waals surface area (Å²) in [6.45, 7) is 2.28. The van der Waals surface area contributed by atoms with E-state index in [2.05, 4.69) is 11.4 Å². The molecule has 0 fully saturated rings. The lowest BCUT2D eigenvalue weighted by Crippen LogP contribution is -2.29. The van der Waals surface area contributed by atoms with E-state index in [9.17, 15) is 4.79 Å². The zero-order valence-electron chi connectivity index (χ0n) is 8.55. The van der Waals surface area contributed by atoms with Gasteiger partial charge in [-0.3, -0.25) is 4.79 Å². The molecule has 0 aliphatic heterocycles. The Morgan fingerprint density at radius 3 is 3.14 bits per heavy atom. The van der Waals surface area contributed by atoms with Crippen molar-refractivity contribution in [3.8, 4) is 6.07 Å². The molecule has 0 aromatic heterocycles. The largest absolute Gasteiger partial charge is 0.355 e. The number of carbonyl (C=O) groups excluding carboxylic acids is 1. The molecule has 1 aliphatic rings. The van der Waals surface area contributed by atoms with Crippen LogP contribution in [0.4, 0.5) is 0 Å². The van der Waals surface area contributed by atoms with Gasteiger partial charge in [-0.2, -0.15) is 5.26 Å². The zero-order valence-corrected chi connectivity index (χ0v) is 8.55. The van der Waals surface area contributed by atoms with Crippen LogP contribution in [0.3, 0.4) is 0 Å². The molecule has 0 spiro atoms. The van der Waals surface area contributed by atoms with Gasteiger partial charge in [-0.05, 0) is 32.6 Å². The lowest BCUT2D eigenvalue weighted by Gasteiger charge is -2.06. The highest BCUT2D eigenvalue weighted by Crippen LogP contribution is 2.19. The third-order valence-electron chi connectivity index (χ3n) is 2.47. The minimum Gasteiger partial charge on any atom is -0.355 e. The van der Waals surface area contributed by atoms with E-state index < -0.39 is 5.92 Å². The second-order valence-corrected chi connectivity index (χ2v) is 3.65. The summed E-state index contributed by atoms with van der Waals surface area (Å²) < 4.78 is 0. The zero-order chi connectivity index (χ0) is 10.4. The van der Waals surface area contributed by atoms with Gasteiger partial charge in [0.1, 0.15) is 5.92 Å². The summed E-state index contributed by atoms with van der Waals surface area (Å²) in [5.74, 6) is -0.696. The minimum atomic E-state index is -0.535.